The Morgan fingerprint density at radius 2 is 1.94 bits per heavy atom. The molecule has 2 aliphatic rings. The summed E-state index contributed by atoms with van der Waals surface area (Å²) in [5.74, 6) is 1.76. The van der Waals surface area contributed by atoms with Crippen molar-refractivity contribution in [3.8, 4) is 17.6 Å². The molecule has 2 aromatic rings. The average Bonchev–Trinajstić information content (AvgIpc) is 2.81. The molecule has 1 aliphatic carbocycles. The van der Waals surface area contributed by atoms with Crippen LogP contribution < -0.4 is 20.3 Å². The summed E-state index contributed by atoms with van der Waals surface area (Å²) in [6.45, 7) is 3.35. The maximum Gasteiger partial charge on any atom is 0.228 e. The summed E-state index contributed by atoms with van der Waals surface area (Å²) < 4.78 is 6.06. The first-order chi connectivity index (χ1) is 15.1. The van der Waals surface area contributed by atoms with Crippen molar-refractivity contribution in [2.75, 3.05) is 36.4 Å². The molecular weight excluding hydrogens is 451 g/mol. The second-order valence-corrected chi connectivity index (χ2v) is 8.24. The number of halogens is 2. The first-order valence-corrected chi connectivity index (χ1v) is 11.0. The number of hydrogen-bond acceptors (Lipinski definition) is 7. The largest absolute Gasteiger partial charge is 0.453 e. The number of amides is 1. The molecule has 1 aliphatic heterocycles. The van der Waals surface area contributed by atoms with Crippen molar-refractivity contribution < 1.29 is 9.53 Å². The molecule has 32 heavy (non-hydrogen) atoms. The summed E-state index contributed by atoms with van der Waals surface area (Å²) in [5, 5.41) is 24.2. The zero-order valence-corrected chi connectivity index (χ0v) is 19.2. The number of ether oxygens (including phenoxy) is 1. The number of rotatable bonds is 5. The highest BCUT2D eigenvalue weighted by molar-refractivity contribution is 6.31. The van der Waals surface area contributed by atoms with Gasteiger partial charge in [-0.2, -0.15) is 5.26 Å². The molecule has 2 heterocycles. The lowest BCUT2D eigenvalue weighted by molar-refractivity contribution is -0.120. The summed E-state index contributed by atoms with van der Waals surface area (Å²) in [6.07, 6.45) is 5.09. The van der Waals surface area contributed by atoms with E-state index in [0.717, 1.165) is 51.9 Å². The Balaban J connectivity index is 0.00000289. The topological polar surface area (TPSA) is 103 Å². The normalized spacial score (nSPS) is 16.6. The molecule has 1 aromatic carbocycles. The van der Waals surface area contributed by atoms with E-state index in [4.69, 9.17) is 21.6 Å². The number of piperazine rings is 1. The zero-order chi connectivity index (χ0) is 21.6. The number of nitrogens with one attached hydrogen (secondary N) is 2. The van der Waals surface area contributed by atoms with Crippen molar-refractivity contribution >= 4 is 41.6 Å². The molecule has 0 spiro atoms. The van der Waals surface area contributed by atoms with Crippen LogP contribution in [0.15, 0.2) is 24.3 Å². The molecular formula is C22H26Cl2N6O2. The third-order valence-corrected chi connectivity index (χ3v) is 6.01. The highest BCUT2D eigenvalue weighted by Crippen LogP contribution is 2.33. The Bertz CT molecular complexity index is 985. The summed E-state index contributed by atoms with van der Waals surface area (Å²) in [5.41, 5.74) is 0.370. The Kier molecular flexibility index (Phi) is 8.51. The molecule has 0 bridgehead atoms. The van der Waals surface area contributed by atoms with Gasteiger partial charge in [0.2, 0.25) is 5.91 Å². The Labute approximate surface area is 198 Å². The van der Waals surface area contributed by atoms with E-state index in [1.54, 1.807) is 24.3 Å². The minimum absolute atomic E-state index is 0. The quantitative estimate of drug-likeness (QED) is 0.667. The third-order valence-electron chi connectivity index (χ3n) is 5.69. The number of nitrogens with zero attached hydrogens (tertiary/aromatic N) is 4. The molecule has 170 valence electrons. The third kappa shape index (κ3) is 5.80. The van der Waals surface area contributed by atoms with Crippen molar-refractivity contribution in [2.45, 2.75) is 32.1 Å². The van der Waals surface area contributed by atoms with Crippen LogP contribution >= 0.6 is 24.0 Å². The molecule has 2 N–H and O–H groups in total. The van der Waals surface area contributed by atoms with Gasteiger partial charge in [0, 0.05) is 44.2 Å². The van der Waals surface area contributed by atoms with E-state index < -0.39 is 0 Å². The molecule has 1 saturated carbocycles. The van der Waals surface area contributed by atoms with Gasteiger partial charge in [-0.05, 0) is 25.0 Å². The van der Waals surface area contributed by atoms with Crippen molar-refractivity contribution in [3.05, 3.63) is 34.9 Å². The van der Waals surface area contributed by atoms with Crippen LogP contribution in [0.2, 0.25) is 5.02 Å². The predicted molar refractivity (Wildman–Crippen MR) is 126 cm³/mol. The zero-order valence-electron chi connectivity index (χ0n) is 17.6. The standard InChI is InChI=1S/C22H25ClN6O2.ClH/c23-18-12-17(7-6-16(18)14-24)31-19-13-20(29-10-8-25-9-11-29)27-28-21(19)26-22(30)15-4-2-1-3-5-15;/h6-7,12-13,15,25H,1-5,8-11H2,(H,26,28,30);1H. The summed E-state index contributed by atoms with van der Waals surface area (Å²) in [4.78, 5) is 14.9. The minimum atomic E-state index is -0.0494. The van der Waals surface area contributed by atoms with Crippen molar-refractivity contribution in [2.24, 2.45) is 5.92 Å². The number of carbonyl (C=O) groups excluding carboxylic acids is 1. The van der Waals surface area contributed by atoms with Gasteiger partial charge in [-0.25, -0.2) is 0 Å². The number of anilines is 2. The fourth-order valence-electron chi connectivity index (χ4n) is 3.94. The second-order valence-electron chi connectivity index (χ2n) is 7.83. The summed E-state index contributed by atoms with van der Waals surface area (Å²) >= 11 is 6.16. The van der Waals surface area contributed by atoms with Gasteiger partial charge in [0.15, 0.2) is 17.4 Å². The van der Waals surface area contributed by atoms with Crippen LogP contribution in [0.4, 0.5) is 11.6 Å². The lowest BCUT2D eigenvalue weighted by Crippen LogP contribution is -2.44. The Morgan fingerprint density at radius 3 is 2.62 bits per heavy atom. The minimum Gasteiger partial charge on any atom is -0.453 e. The van der Waals surface area contributed by atoms with Gasteiger partial charge in [0.1, 0.15) is 11.8 Å². The van der Waals surface area contributed by atoms with Gasteiger partial charge >= 0.3 is 0 Å². The van der Waals surface area contributed by atoms with Crippen LogP contribution in [0.5, 0.6) is 11.5 Å². The SMILES string of the molecule is Cl.N#Cc1ccc(Oc2cc(N3CCNCC3)nnc2NC(=O)C2CCCCC2)cc1Cl. The second kappa shape index (κ2) is 11.3. The van der Waals surface area contributed by atoms with Crippen LogP contribution in [-0.2, 0) is 4.79 Å². The Morgan fingerprint density at radius 1 is 1.19 bits per heavy atom. The highest BCUT2D eigenvalue weighted by atomic mass is 35.5. The fraction of sp³-hybridized carbons (Fsp3) is 0.455. The molecule has 2 fully saturated rings. The van der Waals surface area contributed by atoms with Crippen LogP contribution in [0.25, 0.3) is 0 Å². The molecule has 4 rings (SSSR count). The van der Waals surface area contributed by atoms with Crippen LogP contribution in [0.3, 0.4) is 0 Å². The number of hydrogen-bond donors (Lipinski definition) is 2. The lowest BCUT2D eigenvalue weighted by atomic mass is 9.89. The molecule has 1 amide bonds. The Hall–Kier alpha value is -2.60. The van der Waals surface area contributed by atoms with Crippen LogP contribution in [-0.4, -0.2) is 42.3 Å². The van der Waals surface area contributed by atoms with E-state index in [1.165, 1.54) is 6.42 Å². The van der Waals surface area contributed by atoms with Crippen molar-refractivity contribution in [1.29, 1.82) is 5.26 Å². The molecule has 10 heteroatoms. The van der Waals surface area contributed by atoms with E-state index >= 15 is 0 Å². The maximum atomic E-state index is 12.8. The van der Waals surface area contributed by atoms with E-state index in [2.05, 4.69) is 25.7 Å². The van der Waals surface area contributed by atoms with Gasteiger partial charge < -0.3 is 20.3 Å². The van der Waals surface area contributed by atoms with Crippen LogP contribution in [0.1, 0.15) is 37.7 Å². The summed E-state index contributed by atoms with van der Waals surface area (Å²) in [6, 6.07) is 8.68. The molecule has 8 nitrogen and oxygen atoms in total. The first-order valence-electron chi connectivity index (χ1n) is 10.7. The van der Waals surface area contributed by atoms with Gasteiger partial charge in [-0.1, -0.05) is 30.9 Å². The van der Waals surface area contributed by atoms with Crippen molar-refractivity contribution in [3.63, 3.8) is 0 Å². The highest BCUT2D eigenvalue weighted by Gasteiger charge is 2.24. The van der Waals surface area contributed by atoms with E-state index in [0.29, 0.717) is 27.9 Å². The predicted octanol–water partition coefficient (Wildman–Crippen LogP) is 4.14. The molecule has 1 aromatic heterocycles. The molecule has 0 unspecified atom stereocenters. The number of aromatic nitrogens is 2. The maximum absolute atomic E-state index is 12.8. The molecule has 1 saturated heterocycles. The van der Waals surface area contributed by atoms with Gasteiger partial charge in [0.05, 0.1) is 10.6 Å². The van der Waals surface area contributed by atoms with Crippen LogP contribution in [0, 0.1) is 17.2 Å². The van der Waals surface area contributed by atoms with Gasteiger partial charge in [0.25, 0.3) is 0 Å². The smallest absolute Gasteiger partial charge is 0.228 e. The van der Waals surface area contributed by atoms with Crippen molar-refractivity contribution in [1.82, 2.24) is 15.5 Å². The van der Waals surface area contributed by atoms with Gasteiger partial charge in [-0.15, -0.1) is 22.6 Å². The van der Waals surface area contributed by atoms with E-state index in [1.807, 2.05) is 6.07 Å². The molecule has 0 radical (unpaired) electrons. The van der Waals surface area contributed by atoms with E-state index in [-0.39, 0.29) is 30.0 Å². The summed E-state index contributed by atoms with van der Waals surface area (Å²) in [7, 11) is 0. The number of nitriles is 1. The number of carbonyl (C=O) groups is 1. The fourth-order valence-corrected chi connectivity index (χ4v) is 4.15. The first kappa shape index (κ1) is 24.1. The average molecular weight is 477 g/mol. The number of benzene rings is 1. The lowest BCUT2D eigenvalue weighted by Gasteiger charge is -2.28. The van der Waals surface area contributed by atoms with E-state index in [9.17, 15) is 4.79 Å². The van der Waals surface area contributed by atoms with Gasteiger partial charge in [-0.3, -0.25) is 4.79 Å². The molecule has 0 atom stereocenters. The monoisotopic (exact) mass is 476 g/mol.